The molecule has 1 aliphatic rings. The maximum absolute atomic E-state index is 11.8. The number of aromatic nitrogens is 1. The zero-order valence-electron chi connectivity index (χ0n) is 9.72. The smallest absolute Gasteiger partial charge is 0.340 e. The van der Waals surface area contributed by atoms with Crippen LogP contribution in [-0.4, -0.2) is 23.3 Å². The van der Waals surface area contributed by atoms with Crippen LogP contribution in [0.15, 0.2) is 0 Å². The Morgan fingerprint density at radius 1 is 1.56 bits per heavy atom. The maximum atomic E-state index is 11.8. The van der Waals surface area contributed by atoms with E-state index in [2.05, 4.69) is 4.98 Å². The Morgan fingerprint density at radius 3 is 2.88 bits per heavy atom. The van der Waals surface area contributed by atoms with Crippen molar-refractivity contribution in [3.63, 3.8) is 0 Å². The minimum Gasteiger partial charge on any atom is -0.462 e. The second-order valence-corrected chi connectivity index (χ2v) is 4.16. The summed E-state index contributed by atoms with van der Waals surface area (Å²) in [5, 5.41) is 0. The minimum absolute atomic E-state index is 0.0844. The molecule has 1 heterocycles. The minimum atomic E-state index is -0.334. The Labute approximate surface area is 94.0 Å². The van der Waals surface area contributed by atoms with Gasteiger partial charge in [-0.2, -0.15) is 0 Å². The van der Waals surface area contributed by atoms with Crippen LogP contribution in [0.5, 0.6) is 0 Å². The Balaban J connectivity index is 2.51. The van der Waals surface area contributed by atoms with Gasteiger partial charge in [0.25, 0.3) is 0 Å². The molecule has 1 atom stereocenters. The normalized spacial score (nSPS) is 18.7. The molecule has 4 heteroatoms. The number of H-pyrrole nitrogens is 1. The van der Waals surface area contributed by atoms with Crippen LogP contribution < -0.4 is 0 Å². The number of hydrogen-bond acceptors (Lipinski definition) is 3. The Kier molecular flexibility index (Phi) is 2.58. The molecule has 0 saturated heterocycles. The van der Waals surface area contributed by atoms with Crippen molar-refractivity contribution in [3.05, 3.63) is 22.5 Å². The number of aryl methyl sites for hydroxylation is 1. The predicted octanol–water partition coefficient (Wildman–Crippen LogP) is 2.19. The highest BCUT2D eigenvalue weighted by molar-refractivity contribution is 6.05. The summed E-state index contributed by atoms with van der Waals surface area (Å²) in [5.41, 5.74) is 2.70. The van der Waals surface area contributed by atoms with Crippen LogP contribution in [0.1, 0.15) is 58.3 Å². The summed E-state index contributed by atoms with van der Waals surface area (Å²) in [5.74, 6) is -0.146. The number of carbonyl (C=O) groups is 2. The first-order valence-corrected chi connectivity index (χ1v) is 5.49. The molecule has 0 fully saturated rings. The summed E-state index contributed by atoms with van der Waals surface area (Å²) in [6.07, 6.45) is 0.480. The first-order chi connectivity index (χ1) is 7.56. The van der Waals surface area contributed by atoms with Gasteiger partial charge >= 0.3 is 5.97 Å². The van der Waals surface area contributed by atoms with E-state index < -0.39 is 0 Å². The summed E-state index contributed by atoms with van der Waals surface area (Å²) in [6.45, 7) is 5.87. The van der Waals surface area contributed by atoms with Crippen molar-refractivity contribution in [3.8, 4) is 0 Å². The van der Waals surface area contributed by atoms with Crippen LogP contribution in [0.3, 0.4) is 0 Å². The van der Waals surface area contributed by atoms with Crippen molar-refractivity contribution in [2.45, 2.75) is 33.1 Å². The molecule has 86 valence electrons. The molecule has 0 spiro atoms. The summed E-state index contributed by atoms with van der Waals surface area (Å²) < 4.78 is 5.01. The van der Waals surface area contributed by atoms with Crippen LogP contribution in [0.25, 0.3) is 0 Å². The van der Waals surface area contributed by atoms with Gasteiger partial charge in [-0.15, -0.1) is 0 Å². The molecule has 0 aliphatic heterocycles. The molecule has 1 aromatic heterocycles. The third kappa shape index (κ3) is 1.45. The number of nitrogens with one attached hydrogen (secondary N) is 1. The molecule has 0 radical (unpaired) electrons. The fourth-order valence-corrected chi connectivity index (χ4v) is 2.31. The van der Waals surface area contributed by atoms with E-state index in [1.165, 1.54) is 0 Å². The van der Waals surface area contributed by atoms with E-state index in [9.17, 15) is 9.59 Å². The first kappa shape index (κ1) is 10.9. The van der Waals surface area contributed by atoms with Crippen molar-refractivity contribution in [2.75, 3.05) is 6.61 Å². The van der Waals surface area contributed by atoms with E-state index in [0.717, 1.165) is 11.3 Å². The van der Waals surface area contributed by atoms with Gasteiger partial charge in [0.15, 0.2) is 5.78 Å². The van der Waals surface area contributed by atoms with Gasteiger partial charge in [-0.05, 0) is 25.3 Å². The molecular weight excluding hydrogens is 206 g/mol. The van der Waals surface area contributed by atoms with Crippen molar-refractivity contribution >= 4 is 11.8 Å². The average molecular weight is 221 g/mol. The molecule has 0 bridgehead atoms. The fourth-order valence-electron chi connectivity index (χ4n) is 2.31. The fraction of sp³-hybridized carbons (Fsp3) is 0.500. The molecule has 2 rings (SSSR count). The monoisotopic (exact) mass is 221 g/mol. The predicted molar refractivity (Wildman–Crippen MR) is 58.8 cm³/mol. The molecule has 1 N–H and O–H groups in total. The van der Waals surface area contributed by atoms with Gasteiger partial charge in [0.1, 0.15) is 0 Å². The summed E-state index contributed by atoms with van der Waals surface area (Å²) in [4.78, 5) is 26.4. The Bertz CT molecular complexity index is 459. The van der Waals surface area contributed by atoms with Gasteiger partial charge in [-0.1, -0.05) is 6.92 Å². The van der Waals surface area contributed by atoms with Crippen LogP contribution in [0.2, 0.25) is 0 Å². The topological polar surface area (TPSA) is 59.2 Å². The number of ether oxygens (including phenoxy) is 1. The lowest BCUT2D eigenvalue weighted by Gasteiger charge is -2.06. The van der Waals surface area contributed by atoms with Crippen LogP contribution >= 0.6 is 0 Å². The summed E-state index contributed by atoms with van der Waals surface area (Å²) >= 11 is 0. The lowest BCUT2D eigenvalue weighted by atomic mass is 10.0. The number of aromatic amines is 1. The average Bonchev–Trinajstić information content (AvgIpc) is 2.67. The summed E-state index contributed by atoms with van der Waals surface area (Å²) in [6, 6.07) is 0. The number of carbonyl (C=O) groups excluding carboxylic acids is 2. The second kappa shape index (κ2) is 3.77. The van der Waals surface area contributed by atoms with Gasteiger partial charge in [0.2, 0.25) is 0 Å². The van der Waals surface area contributed by atoms with E-state index in [0.29, 0.717) is 24.3 Å². The zero-order chi connectivity index (χ0) is 11.9. The van der Waals surface area contributed by atoms with E-state index in [1.54, 1.807) is 13.8 Å². The number of rotatable bonds is 2. The lowest BCUT2D eigenvalue weighted by molar-refractivity contribution is 0.0524. The molecule has 1 aromatic rings. The number of hydrogen-bond donors (Lipinski definition) is 1. The van der Waals surface area contributed by atoms with Crippen LogP contribution in [0, 0.1) is 6.92 Å². The molecule has 0 amide bonds. The quantitative estimate of drug-likeness (QED) is 0.779. The highest BCUT2D eigenvalue weighted by Gasteiger charge is 2.34. The van der Waals surface area contributed by atoms with Crippen LogP contribution in [-0.2, 0) is 4.74 Å². The van der Waals surface area contributed by atoms with Gasteiger partial charge in [-0.25, -0.2) is 4.79 Å². The number of fused-ring (bicyclic) bond motifs is 1. The van der Waals surface area contributed by atoms with Gasteiger partial charge in [0, 0.05) is 12.1 Å². The van der Waals surface area contributed by atoms with E-state index in [1.807, 2.05) is 6.92 Å². The van der Waals surface area contributed by atoms with Crippen LogP contribution in [0.4, 0.5) is 0 Å². The van der Waals surface area contributed by atoms with E-state index in [-0.39, 0.29) is 17.7 Å². The molecule has 0 saturated carbocycles. The van der Waals surface area contributed by atoms with Gasteiger partial charge in [0.05, 0.1) is 17.9 Å². The third-order valence-electron chi connectivity index (χ3n) is 2.97. The molecule has 0 aromatic carbocycles. The Morgan fingerprint density at radius 2 is 2.25 bits per heavy atom. The Hall–Kier alpha value is -1.58. The van der Waals surface area contributed by atoms with Crippen molar-refractivity contribution in [1.29, 1.82) is 0 Å². The van der Waals surface area contributed by atoms with Crippen molar-refractivity contribution < 1.29 is 14.3 Å². The largest absolute Gasteiger partial charge is 0.462 e. The molecular formula is C12H15NO3. The van der Waals surface area contributed by atoms with Crippen molar-refractivity contribution in [1.82, 2.24) is 4.98 Å². The second-order valence-electron chi connectivity index (χ2n) is 4.16. The highest BCUT2D eigenvalue weighted by Crippen LogP contribution is 2.36. The molecule has 1 unspecified atom stereocenters. The van der Waals surface area contributed by atoms with Gasteiger partial charge in [-0.3, -0.25) is 4.79 Å². The van der Waals surface area contributed by atoms with Gasteiger partial charge < -0.3 is 9.72 Å². The highest BCUT2D eigenvalue weighted by atomic mass is 16.5. The molecule has 16 heavy (non-hydrogen) atoms. The maximum Gasteiger partial charge on any atom is 0.340 e. The number of Topliss-reactive ketones (excluding diaryl/α,β-unsaturated/α-hetero) is 1. The molecule has 4 nitrogen and oxygen atoms in total. The zero-order valence-corrected chi connectivity index (χ0v) is 9.72. The lowest BCUT2D eigenvalue weighted by Crippen LogP contribution is -2.08. The van der Waals surface area contributed by atoms with E-state index >= 15 is 0 Å². The SMILES string of the molecule is CCOC(=O)c1c(C)[nH]c2c1C(C)CC2=O. The number of esters is 1. The summed E-state index contributed by atoms with van der Waals surface area (Å²) in [7, 11) is 0. The number of ketones is 1. The first-order valence-electron chi connectivity index (χ1n) is 5.49. The third-order valence-corrected chi connectivity index (χ3v) is 2.97. The van der Waals surface area contributed by atoms with Crippen molar-refractivity contribution in [2.24, 2.45) is 0 Å². The molecule has 1 aliphatic carbocycles. The standard InChI is InChI=1S/C12H15NO3/c1-4-16-12(15)10-7(3)13-11-8(14)5-6(2)9(10)11/h6,13H,4-5H2,1-3H3. The van der Waals surface area contributed by atoms with E-state index in [4.69, 9.17) is 4.74 Å².